The molecule has 5 nitrogen and oxygen atoms in total. The van der Waals surface area contributed by atoms with Crippen LogP contribution in [0.4, 0.5) is 5.69 Å². The first-order valence-corrected chi connectivity index (χ1v) is 13.8. The zero-order valence-corrected chi connectivity index (χ0v) is 22.9. The van der Waals surface area contributed by atoms with E-state index in [0.29, 0.717) is 18.1 Å². The Morgan fingerprint density at radius 2 is 2.11 bits per heavy atom. The molecule has 4 atom stereocenters. The summed E-state index contributed by atoms with van der Waals surface area (Å²) in [6, 6.07) is 11.9. The van der Waals surface area contributed by atoms with Crippen molar-refractivity contribution in [2.24, 2.45) is 11.8 Å². The first-order chi connectivity index (χ1) is 17.6. The number of fused-ring (bicyclic) bond motifs is 3. The Kier molecular flexibility index (Phi) is 7.06. The van der Waals surface area contributed by atoms with E-state index in [1.54, 1.807) is 12.1 Å². The third-order valence-corrected chi connectivity index (χ3v) is 8.52. The van der Waals surface area contributed by atoms with Gasteiger partial charge in [-0.3, -0.25) is 0 Å². The van der Waals surface area contributed by atoms with Crippen LogP contribution in [0.15, 0.2) is 49.1 Å². The van der Waals surface area contributed by atoms with E-state index in [1.165, 1.54) is 11.1 Å². The van der Waals surface area contributed by atoms with Crippen LogP contribution in [0.25, 0.3) is 0 Å². The second-order valence-corrected chi connectivity index (χ2v) is 12.5. The Morgan fingerprint density at radius 1 is 1.30 bits per heavy atom. The monoisotopic (exact) mass is 523 g/mol. The van der Waals surface area contributed by atoms with Gasteiger partial charge >= 0.3 is 5.97 Å². The van der Waals surface area contributed by atoms with Crippen molar-refractivity contribution in [2.45, 2.75) is 70.0 Å². The van der Waals surface area contributed by atoms with Crippen molar-refractivity contribution in [1.82, 2.24) is 0 Å². The lowest BCUT2D eigenvalue weighted by atomic mass is 9.68. The van der Waals surface area contributed by atoms with Gasteiger partial charge in [-0.25, -0.2) is 4.79 Å². The molecule has 0 bridgehead atoms. The predicted octanol–water partition coefficient (Wildman–Crippen LogP) is 6.34. The van der Waals surface area contributed by atoms with Crippen molar-refractivity contribution in [3.63, 3.8) is 0 Å². The number of nitrogens with zero attached hydrogens (tertiary/aromatic N) is 1. The third-order valence-electron chi connectivity index (χ3n) is 8.28. The molecule has 0 aromatic heterocycles. The van der Waals surface area contributed by atoms with Gasteiger partial charge in [-0.2, -0.15) is 0 Å². The van der Waals surface area contributed by atoms with Crippen molar-refractivity contribution in [2.75, 3.05) is 24.6 Å². The second kappa shape index (κ2) is 9.99. The lowest BCUT2D eigenvalue weighted by molar-refractivity contribution is 0.00695. The highest BCUT2D eigenvalue weighted by Gasteiger charge is 2.44. The zero-order valence-electron chi connectivity index (χ0n) is 22.1. The predicted molar refractivity (Wildman–Crippen MR) is 148 cm³/mol. The highest BCUT2D eigenvalue weighted by molar-refractivity contribution is 6.30. The Bertz CT molecular complexity index is 1190. The van der Waals surface area contributed by atoms with Crippen molar-refractivity contribution >= 4 is 23.3 Å². The molecule has 3 aliphatic rings. The number of aliphatic hydroxyl groups excluding tert-OH is 1. The van der Waals surface area contributed by atoms with Crippen LogP contribution in [0, 0.1) is 11.8 Å². The number of benzene rings is 2. The number of hydrogen-bond acceptors (Lipinski definition) is 5. The molecule has 1 heterocycles. The maximum atomic E-state index is 13.0. The number of rotatable bonds is 5. The van der Waals surface area contributed by atoms with Crippen LogP contribution in [0.5, 0.6) is 5.75 Å². The van der Waals surface area contributed by atoms with Gasteiger partial charge in [0.25, 0.3) is 0 Å². The first-order valence-electron chi connectivity index (χ1n) is 13.4. The summed E-state index contributed by atoms with van der Waals surface area (Å²) in [5, 5.41) is 11.3. The van der Waals surface area contributed by atoms with Gasteiger partial charge in [0.15, 0.2) is 0 Å². The molecule has 1 unspecified atom stereocenters. The van der Waals surface area contributed by atoms with Crippen LogP contribution in [-0.4, -0.2) is 42.5 Å². The van der Waals surface area contributed by atoms with E-state index in [-0.39, 0.29) is 17.3 Å². The molecule has 1 saturated carbocycles. The van der Waals surface area contributed by atoms with Gasteiger partial charge < -0.3 is 19.5 Å². The molecule has 2 aliphatic carbocycles. The van der Waals surface area contributed by atoms with E-state index >= 15 is 0 Å². The molecular formula is C31H38ClNO4. The summed E-state index contributed by atoms with van der Waals surface area (Å²) in [7, 11) is 0. The van der Waals surface area contributed by atoms with E-state index in [2.05, 4.69) is 23.6 Å². The summed E-state index contributed by atoms with van der Waals surface area (Å²) < 4.78 is 12.2. The van der Waals surface area contributed by atoms with Crippen molar-refractivity contribution in [3.05, 3.63) is 70.8 Å². The lowest BCUT2D eigenvalue weighted by Gasteiger charge is -2.45. The Hall–Kier alpha value is -2.50. The largest absolute Gasteiger partial charge is 0.490 e. The lowest BCUT2D eigenvalue weighted by Crippen LogP contribution is -2.49. The number of ether oxygens (including phenoxy) is 2. The van der Waals surface area contributed by atoms with Crippen LogP contribution in [0.1, 0.15) is 67.9 Å². The fraction of sp³-hybridized carbons (Fsp3) is 0.516. The minimum atomic E-state index is -0.572. The van der Waals surface area contributed by atoms with Crippen LogP contribution >= 0.6 is 11.6 Å². The molecule has 1 fully saturated rings. The average Bonchev–Trinajstić information content (AvgIpc) is 2.97. The van der Waals surface area contributed by atoms with Crippen LogP contribution in [0.3, 0.4) is 0 Å². The van der Waals surface area contributed by atoms with E-state index in [0.717, 1.165) is 61.7 Å². The summed E-state index contributed by atoms with van der Waals surface area (Å²) in [5.41, 5.74) is 3.29. The summed E-state index contributed by atoms with van der Waals surface area (Å²) in [6.07, 6.45) is 6.33. The molecule has 5 rings (SSSR count). The summed E-state index contributed by atoms with van der Waals surface area (Å²) in [6.45, 7) is 11.6. The maximum absolute atomic E-state index is 13.0. The average molecular weight is 524 g/mol. The quantitative estimate of drug-likeness (QED) is 0.366. The second-order valence-electron chi connectivity index (χ2n) is 12.0. The fourth-order valence-corrected chi connectivity index (χ4v) is 6.50. The standard InChI is InChI=1S/C31H38ClNO4/c1-5-27(34)24-11-8-22(24)17-33-18-31(14-6-7-20-15-23(32)10-12-25(20)31)19-36-28-13-9-21(16-26(28)33)29(35)37-30(2,3)4/h5,9-10,12-13,15-16,22,24,27,34H,1,6-8,11,14,17-19H2,2-4H3/t22-,24+,27+,31?/m0/s1. The third kappa shape index (κ3) is 5.26. The highest BCUT2D eigenvalue weighted by atomic mass is 35.5. The van der Waals surface area contributed by atoms with Gasteiger partial charge in [-0.15, -0.1) is 6.58 Å². The number of esters is 1. The smallest absolute Gasteiger partial charge is 0.338 e. The normalized spacial score (nSPS) is 25.7. The van der Waals surface area contributed by atoms with Crippen molar-refractivity contribution < 1.29 is 19.4 Å². The van der Waals surface area contributed by atoms with Crippen LogP contribution in [-0.2, 0) is 16.6 Å². The van der Waals surface area contributed by atoms with Gasteiger partial charge in [-0.1, -0.05) is 23.7 Å². The van der Waals surface area contributed by atoms with Gasteiger partial charge in [0.05, 0.1) is 24.0 Å². The summed E-state index contributed by atoms with van der Waals surface area (Å²) >= 11 is 6.37. The number of hydrogen-bond donors (Lipinski definition) is 1. The number of carbonyl (C=O) groups is 1. The number of aryl methyl sites for hydroxylation is 1. The molecule has 1 aliphatic heterocycles. The molecule has 0 amide bonds. The fourth-order valence-electron chi connectivity index (χ4n) is 6.31. The van der Waals surface area contributed by atoms with Gasteiger partial charge in [-0.05, 0) is 106 Å². The van der Waals surface area contributed by atoms with E-state index in [4.69, 9.17) is 21.1 Å². The number of anilines is 1. The first kappa shape index (κ1) is 26.1. The molecule has 37 heavy (non-hydrogen) atoms. The number of carbonyl (C=O) groups excluding carboxylic acids is 1. The molecule has 0 saturated heterocycles. The van der Waals surface area contributed by atoms with Crippen molar-refractivity contribution in [1.29, 1.82) is 0 Å². The minimum Gasteiger partial charge on any atom is -0.490 e. The summed E-state index contributed by atoms with van der Waals surface area (Å²) in [5.74, 6) is 0.989. The van der Waals surface area contributed by atoms with Gasteiger partial charge in [0.1, 0.15) is 11.4 Å². The van der Waals surface area contributed by atoms with E-state index in [9.17, 15) is 9.90 Å². The molecule has 1 N–H and O–H groups in total. The van der Waals surface area contributed by atoms with E-state index < -0.39 is 11.7 Å². The molecule has 198 valence electrons. The molecule has 0 radical (unpaired) electrons. The van der Waals surface area contributed by atoms with E-state index in [1.807, 2.05) is 39.0 Å². The minimum absolute atomic E-state index is 0.181. The Balaban J connectivity index is 1.53. The Morgan fingerprint density at radius 3 is 2.81 bits per heavy atom. The molecule has 1 spiro atoms. The van der Waals surface area contributed by atoms with Crippen LogP contribution < -0.4 is 9.64 Å². The number of aliphatic hydroxyl groups is 1. The van der Waals surface area contributed by atoms with Crippen LogP contribution in [0.2, 0.25) is 5.02 Å². The van der Waals surface area contributed by atoms with Gasteiger partial charge in [0.2, 0.25) is 0 Å². The Labute approximate surface area is 225 Å². The molecule has 6 heteroatoms. The zero-order chi connectivity index (χ0) is 26.4. The molecule has 2 aromatic rings. The SMILES string of the molecule is C=C[C@@H](O)[C@@H]1CC[C@H]1CN1CC2(CCCc3cc(Cl)ccc32)COc2ccc(C(=O)OC(C)(C)C)cc21. The molecular weight excluding hydrogens is 486 g/mol. The summed E-state index contributed by atoms with van der Waals surface area (Å²) in [4.78, 5) is 15.4. The van der Waals surface area contributed by atoms with Gasteiger partial charge in [0, 0.05) is 23.5 Å². The van der Waals surface area contributed by atoms with Crippen molar-refractivity contribution in [3.8, 4) is 5.75 Å². The molecule has 2 aromatic carbocycles. The topological polar surface area (TPSA) is 59.0 Å². The maximum Gasteiger partial charge on any atom is 0.338 e. The number of halogens is 1. The highest BCUT2D eigenvalue weighted by Crippen LogP contribution is 2.46.